The average molecular weight is 793 g/mol. The van der Waals surface area contributed by atoms with Crippen molar-refractivity contribution < 1.29 is 4.42 Å². The van der Waals surface area contributed by atoms with Gasteiger partial charge < -0.3 is 8.98 Å². The van der Waals surface area contributed by atoms with Gasteiger partial charge >= 0.3 is 0 Å². The van der Waals surface area contributed by atoms with Gasteiger partial charge in [0.25, 0.3) is 0 Å². The molecule has 290 valence electrons. The highest BCUT2D eigenvalue weighted by atomic mass is 16.3. The van der Waals surface area contributed by atoms with E-state index in [4.69, 9.17) is 19.4 Å². The van der Waals surface area contributed by atoms with Gasteiger partial charge in [0.2, 0.25) is 0 Å². The summed E-state index contributed by atoms with van der Waals surface area (Å²) >= 11 is 0. The molecule has 0 unspecified atom stereocenters. The zero-order valence-corrected chi connectivity index (χ0v) is 33.5. The predicted molar refractivity (Wildman–Crippen MR) is 254 cm³/mol. The first-order valence-electron chi connectivity index (χ1n) is 20.8. The SMILES string of the molecule is c1ccc(-c2nc(-c3ccccc3)nc(-c3cccc(-c4cc(-c5ccc6oc7ccccc7c6c5)cc(-c5ccc6c(c5)c5ccccc5n6-c5ccccc5)c4)c3)n2)cc1. The molecule has 62 heavy (non-hydrogen) atoms. The molecule has 3 aromatic heterocycles. The van der Waals surface area contributed by atoms with Gasteiger partial charge in [0, 0.05) is 43.9 Å². The Bertz CT molecular complexity index is 3570. The molecule has 12 rings (SSSR count). The van der Waals surface area contributed by atoms with Crippen molar-refractivity contribution in [3.8, 4) is 73.2 Å². The quantitative estimate of drug-likeness (QED) is 0.161. The van der Waals surface area contributed by atoms with Crippen molar-refractivity contribution >= 4 is 43.7 Å². The van der Waals surface area contributed by atoms with Crippen molar-refractivity contribution in [3.63, 3.8) is 0 Å². The van der Waals surface area contributed by atoms with E-state index >= 15 is 0 Å². The highest BCUT2D eigenvalue weighted by molar-refractivity contribution is 6.11. The van der Waals surface area contributed by atoms with Crippen LogP contribution in [0, 0.1) is 0 Å². The lowest BCUT2D eigenvalue weighted by Crippen LogP contribution is -2.00. The number of nitrogens with zero attached hydrogens (tertiary/aromatic N) is 4. The van der Waals surface area contributed by atoms with Crippen LogP contribution < -0.4 is 0 Å². The summed E-state index contributed by atoms with van der Waals surface area (Å²) in [5, 5.41) is 4.63. The zero-order chi connectivity index (χ0) is 41.0. The average Bonchev–Trinajstić information content (AvgIpc) is 3.90. The summed E-state index contributed by atoms with van der Waals surface area (Å²) in [6.07, 6.45) is 0. The van der Waals surface area contributed by atoms with E-state index in [0.717, 1.165) is 77.7 Å². The maximum Gasteiger partial charge on any atom is 0.164 e. The van der Waals surface area contributed by atoms with E-state index in [-0.39, 0.29) is 0 Å². The van der Waals surface area contributed by atoms with Gasteiger partial charge in [-0.15, -0.1) is 0 Å². The van der Waals surface area contributed by atoms with Crippen LogP contribution in [-0.2, 0) is 0 Å². The monoisotopic (exact) mass is 792 g/mol. The Hall–Kier alpha value is -8.41. The summed E-state index contributed by atoms with van der Waals surface area (Å²) in [6.45, 7) is 0. The smallest absolute Gasteiger partial charge is 0.164 e. The minimum absolute atomic E-state index is 0.619. The van der Waals surface area contributed by atoms with Crippen molar-refractivity contribution in [2.24, 2.45) is 0 Å². The molecule has 12 aromatic rings. The summed E-state index contributed by atoms with van der Waals surface area (Å²) < 4.78 is 8.61. The molecule has 0 saturated carbocycles. The summed E-state index contributed by atoms with van der Waals surface area (Å²) in [4.78, 5) is 15.1. The molecule has 3 heterocycles. The largest absolute Gasteiger partial charge is 0.456 e. The summed E-state index contributed by atoms with van der Waals surface area (Å²) in [7, 11) is 0. The number of furan rings is 1. The molecule has 5 heteroatoms. The van der Waals surface area contributed by atoms with Gasteiger partial charge in [-0.2, -0.15) is 0 Å². The van der Waals surface area contributed by atoms with E-state index in [2.05, 4.69) is 150 Å². The normalized spacial score (nSPS) is 11.5. The van der Waals surface area contributed by atoms with E-state index in [1.807, 2.05) is 72.8 Å². The lowest BCUT2D eigenvalue weighted by atomic mass is 9.92. The van der Waals surface area contributed by atoms with E-state index in [1.165, 1.54) is 21.8 Å². The second-order valence-corrected chi connectivity index (χ2v) is 15.6. The van der Waals surface area contributed by atoms with Gasteiger partial charge in [-0.25, -0.2) is 15.0 Å². The van der Waals surface area contributed by atoms with Gasteiger partial charge in [-0.05, 0) is 106 Å². The van der Waals surface area contributed by atoms with Crippen LogP contribution in [0.25, 0.3) is 117 Å². The first-order valence-corrected chi connectivity index (χ1v) is 20.8. The molecule has 0 aliphatic rings. The van der Waals surface area contributed by atoms with Crippen molar-refractivity contribution in [1.82, 2.24) is 19.5 Å². The number of hydrogen-bond donors (Lipinski definition) is 0. The Morgan fingerprint density at radius 1 is 0.274 bits per heavy atom. The topological polar surface area (TPSA) is 56.7 Å². The summed E-state index contributed by atoms with van der Waals surface area (Å²) in [5.41, 5.74) is 14.7. The van der Waals surface area contributed by atoms with Gasteiger partial charge in [-0.1, -0.05) is 146 Å². The second kappa shape index (κ2) is 14.7. The number of fused-ring (bicyclic) bond motifs is 6. The fourth-order valence-corrected chi connectivity index (χ4v) is 8.82. The summed E-state index contributed by atoms with van der Waals surface area (Å²) in [6, 6.07) is 76.6. The van der Waals surface area contributed by atoms with Crippen LogP contribution in [0.1, 0.15) is 0 Å². The molecular weight excluding hydrogens is 757 g/mol. The van der Waals surface area contributed by atoms with Gasteiger partial charge in [-0.3, -0.25) is 0 Å². The molecule has 0 atom stereocenters. The molecule has 0 fully saturated rings. The van der Waals surface area contributed by atoms with Crippen LogP contribution in [0.4, 0.5) is 0 Å². The first kappa shape index (κ1) is 35.5. The fourth-order valence-electron chi connectivity index (χ4n) is 8.82. The second-order valence-electron chi connectivity index (χ2n) is 15.6. The fraction of sp³-hybridized carbons (Fsp3) is 0. The maximum absolute atomic E-state index is 6.25. The molecule has 0 aliphatic heterocycles. The number of rotatable bonds is 7. The van der Waals surface area contributed by atoms with Crippen LogP contribution in [-0.4, -0.2) is 19.5 Å². The van der Waals surface area contributed by atoms with Crippen LogP contribution in [0.15, 0.2) is 223 Å². The van der Waals surface area contributed by atoms with Crippen molar-refractivity contribution in [2.45, 2.75) is 0 Å². The number of benzene rings is 9. The van der Waals surface area contributed by atoms with Gasteiger partial charge in [0.1, 0.15) is 11.2 Å². The molecule has 0 radical (unpaired) electrons. The van der Waals surface area contributed by atoms with Gasteiger partial charge in [0.15, 0.2) is 17.5 Å². The highest BCUT2D eigenvalue weighted by Crippen LogP contribution is 2.40. The van der Waals surface area contributed by atoms with E-state index in [0.29, 0.717) is 17.5 Å². The summed E-state index contributed by atoms with van der Waals surface area (Å²) in [5.74, 6) is 1.89. The molecule has 0 spiro atoms. The van der Waals surface area contributed by atoms with Gasteiger partial charge in [0.05, 0.1) is 11.0 Å². The van der Waals surface area contributed by atoms with E-state index in [9.17, 15) is 0 Å². The zero-order valence-electron chi connectivity index (χ0n) is 33.5. The molecule has 0 aliphatic carbocycles. The van der Waals surface area contributed by atoms with Crippen LogP contribution in [0.3, 0.4) is 0 Å². The molecular formula is C57H36N4O. The van der Waals surface area contributed by atoms with Crippen molar-refractivity contribution in [3.05, 3.63) is 218 Å². The maximum atomic E-state index is 6.25. The lowest BCUT2D eigenvalue weighted by Gasteiger charge is -2.13. The lowest BCUT2D eigenvalue weighted by molar-refractivity contribution is 0.669. The molecule has 0 saturated heterocycles. The third-order valence-electron chi connectivity index (χ3n) is 11.8. The predicted octanol–water partition coefficient (Wildman–Crippen LogP) is 14.9. The van der Waals surface area contributed by atoms with Crippen LogP contribution >= 0.6 is 0 Å². The highest BCUT2D eigenvalue weighted by Gasteiger charge is 2.17. The molecule has 0 amide bonds. The molecule has 0 bridgehead atoms. The van der Waals surface area contributed by atoms with Crippen LogP contribution in [0.2, 0.25) is 0 Å². The Kier molecular flexibility index (Phi) is 8.42. The Morgan fingerprint density at radius 3 is 1.40 bits per heavy atom. The number of para-hydroxylation sites is 3. The molecule has 0 N–H and O–H groups in total. The van der Waals surface area contributed by atoms with E-state index in [1.54, 1.807) is 0 Å². The number of aromatic nitrogens is 4. The third kappa shape index (κ3) is 6.23. The minimum atomic E-state index is 0.619. The molecule has 9 aromatic carbocycles. The third-order valence-corrected chi connectivity index (χ3v) is 11.8. The molecule has 5 nitrogen and oxygen atoms in total. The first-order chi connectivity index (χ1) is 30.7. The Morgan fingerprint density at radius 2 is 0.726 bits per heavy atom. The Labute approximate surface area is 357 Å². The van der Waals surface area contributed by atoms with E-state index < -0.39 is 0 Å². The standard InChI is InChI=1S/C57H36N4O/c1-4-15-37(16-5-1)55-58-56(38-17-6-2-7-18-38)60-57(59-55)42-20-14-19-39(31-42)43-32-44(34-45(33-43)41-28-30-54-50(36-41)48-24-11-13-26-53(48)62-54)40-27-29-52-49(35-40)47-23-10-12-25-51(47)61(52)46-21-8-3-9-22-46/h1-36H. The number of hydrogen-bond acceptors (Lipinski definition) is 4. The Balaban J connectivity index is 1.04. The van der Waals surface area contributed by atoms with Crippen molar-refractivity contribution in [1.29, 1.82) is 0 Å². The van der Waals surface area contributed by atoms with Crippen LogP contribution in [0.5, 0.6) is 0 Å². The van der Waals surface area contributed by atoms with Crippen molar-refractivity contribution in [2.75, 3.05) is 0 Å². The minimum Gasteiger partial charge on any atom is -0.456 e.